The summed E-state index contributed by atoms with van der Waals surface area (Å²) in [5, 5.41) is 24.5. The summed E-state index contributed by atoms with van der Waals surface area (Å²) in [6.07, 6.45) is 0.389. The highest BCUT2D eigenvalue weighted by Crippen LogP contribution is 2.28. The number of fused-ring (bicyclic) bond motifs is 1. The fourth-order valence-electron chi connectivity index (χ4n) is 2.70. The van der Waals surface area contributed by atoms with Gasteiger partial charge in [-0.2, -0.15) is 5.10 Å². The van der Waals surface area contributed by atoms with Crippen LogP contribution in [0.5, 0.6) is 11.5 Å². The molecule has 0 saturated carbocycles. The molecule has 1 aromatic heterocycles. The van der Waals surface area contributed by atoms with Crippen molar-refractivity contribution in [2.45, 2.75) is 13.3 Å². The molecule has 0 radical (unpaired) electrons. The lowest BCUT2D eigenvalue weighted by Gasteiger charge is -2.11. The molecule has 0 atom stereocenters. The zero-order chi connectivity index (χ0) is 16.4. The number of nitrogens with two attached hydrogens (primary N) is 1. The van der Waals surface area contributed by atoms with Gasteiger partial charge < -0.3 is 16.1 Å². The highest BCUT2D eigenvalue weighted by Gasteiger charge is 2.15. The van der Waals surface area contributed by atoms with Crippen LogP contribution in [-0.4, -0.2) is 20.9 Å². The van der Waals surface area contributed by atoms with Crippen molar-refractivity contribution in [3.8, 4) is 11.5 Å². The number of aryl methyl sites for hydroxylation is 1. The number of hydrazone groups is 1. The fourth-order valence-corrected chi connectivity index (χ4v) is 2.70. The normalized spacial score (nSPS) is 11.8. The van der Waals surface area contributed by atoms with E-state index in [1.54, 1.807) is 13.0 Å². The maximum atomic E-state index is 10.1. The standard InChI is InChI=1S/C18H17N3O2/c1-11-8-14(22)10-17(23)18(11)16(21-19)9-13-7-6-12-4-2-3-5-15(12)20-13/h2-8,10,22-23H,9,19H2,1H3/b21-16-. The molecule has 2 aromatic carbocycles. The van der Waals surface area contributed by atoms with Gasteiger partial charge in [0.05, 0.1) is 11.2 Å². The summed E-state index contributed by atoms with van der Waals surface area (Å²) < 4.78 is 0. The molecular weight excluding hydrogens is 290 g/mol. The number of hydrogen-bond acceptors (Lipinski definition) is 5. The molecule has 0 aliphatic carbocycles. The van der Waals surface area contributed by atoms with E-state index in [9.17, 15) is 10.2 Å². The van der Waals surface area contributed by atoms with Crippen molar-refractivity contribution in [3.63, 3.8) is 0 Å². The van der Waals surface area contributed by atoms with Gasteiger partial charge in [0.15, 0.2) is 0 Å². The summed E-state index contributed by atoms with van der Waals surface area (Å²) in [6.45, 7) is 1.79. The van der Waals surface area contributed by atoms with E-state index < -0.39 is 0 Å². The van der Waals surface area contributed by atoms with E-state index in [2.05, 4.69) is 10.1 Å². The van der Waals surface area contributed by atoms with Crippen LogP contribution in [0.25, 0.3) is 10.9 Å². The zero-order valence-electron chi connectivity index (χ0n) is 12.7. The van der Waals surface area contributed by atoms with E-state index in [0.29, 0.717) is 23.3 Å². The molecule has 0 amide bonds. The van der Waals surface area contributed by atoms with Crippen LogP contribution in [0, 0.1) is 6.92 Å². The zero-order valence-corrected chi connectivity index (χ0v) is 12.7. The van der Waals surface area contributed by atoms with Gasteiger partial charge in [0.25, 0.3) is 0 Å². The van der Waals surface area contributed by atoms with E-state index in [4.69, 9.17) is 5.84 Å². The first-order valence-electron chi connectivity index (χ1n) is 7.23. The van der Waals surface area contributed by atoms with Crippen LogP contribution < -0.4 is 5.84 Å². The smallest absolute Gasteiger partial charge is 0.128 e. The number of rotatable bonds is 3. The number of hydrogen-bond donors (Lipinski definition) is 3. The lowest BCUT2D eigenvalue weighted by molar-refractivity contribution is 0.449. The highest BCUT2D eigenvalue weighted by atomic mass is 16.3. The van der Waals surface area contributed by atoms with Crippen LogP contribution >= 0.6 is 0 Å². The molecule has 1 heterocycles. The number of pyridine rings is 1. The predicted octanol–water partition coefficient (Wildman–Crippen LogP) is 2.86. The number of para-hydroxylation sites is 1. The van der Waals surface area contributed by atoms with Crippen LogP contribution in [0.15, 0.2) is 53.6 Å². The Bertz CT molecular complexity index is 881. The first kappa shape index (κ1) is 14.8. The number of nitrogens with zero attached hydrogens (tertiary/aromatic N) is 2. The fraction of sp³-hybridized carbons (Fsp3) is 0.111. The third-order valence-electron chi connectivity index (χ3n) is 3.75. The molecule has 0 aliphatic rings. The molecule has 3 rings (SSSR count). The molecule has 5 nitrogen and oxygen atoms in total. The van der Waals surface area contributed by atoms with Crippen LogP contribution in [0.2, 0.25) is 0 Å². The van der Waals surface area contributed by atoms with E-state index in [-0.39, 0.29) is 11.5 Å². The summed E-state index contributed by atoms with van der Waals surface area (Å²) >= 11 is 0. The minimum atomic E-state index is -0.0486. The number of phenolic OH excluding ortho intramolecular Hbond substituents is 2. The van der Waals surface area contributed by atoms with E-state index in [1.165, 1.54) is 6.07 Å². The molecule has 116 valence electrons. The molecule has 0 unspecified atom stereocenters. The van der Waals surface area contributed by atoms with Crippen molar-refractivity contribution >= 4 is 16.6 Å². The summed E-state index contributed by atoms with van der Waals surface area (Å²) in [5.41, 5.74) is 3.45. The maximum absolute atomic E-state index is 10.1. The van der Waals surface area contributed by atoms with Crippen LogP contribution in [0.4, 0.5) is 0 Å². The third kappa shape index (κ3) is 2.94. The van der Waals surface area contributed by atoms with Crippen molar-refractivity contribution in [3.05, 3.63) is 65.4 Å². The first-order valence-corrected chi connectivity index (χ1v) is 7.23. The Balaban J connectivity index is 1.99. The number of benzene rings is 2. The van der Waals surface area contributed by atoms with Gasteiger partial charge in [0.1, 0.15) is 11.5 Å². The van der Waals surface area contributed by atoms with E-state index in [0.717, 1.165) is 16.6 Å². The van der Waals surface area contributed by atoms with Crippen molar-refractivity contribution in [2.75, 3.05) is 0 Å². The maximum Gasteiger partial charge on any atom is 0.128 e. The molecule has 0 bridgehead atoms. The summed E-state index contributed by atoms with van der Waals surface area (Å²) in [6, 6.07) is 14.6. The summed E-state index contributed by atoms with van der Waals surface area (Å²) in [4.78, 5) is 4.60. The molecule has 0 fully saturated rings. The lowest BCUT2D eigenvalue weighted by atomic mass is 9.98. The Labute approximate surface area is 133 Å². The highest BCUT2D eigenvalue weighted by molar-refractivity contribution is 6.05. The van der Waals surface area contributed by atoms with Crippen molar-refractivity contribution < 1.29 is 10.2 Å². The molecule has 4 N–H and O–H groups in total. The molecule has 0 aliphatic heterocycles. The molecular formula is C18H17N3O2. The van der Waals surface area contributed by atoms with Crippen LogP contribution in [0.1, 0.15) is 16.8 Å². The second-order valence-corrected chi connectivity index (χ2v) is 5.40. The van der Waals surface area contributed by atoms with Crippen molar-refractivity contribution in [2.24, 2.45) is 10.9 Å². The largest absolute Gasteiger partial charge is 0.508 e. The molecule has 0 saturated heterocycles. The second-order valence-electron chi connectivity index (χ2n) is 5.40. The quantitative estimate of drug-likeness (QED) is 0.394. The molecule has 5 heteroatoms. The Morgan fingerprint density at radius 3 is 2.65 bits per heavy atom. The third-order valence-corrected chi connectivity index (χ3v) is 3.75. The van der Waals surface area contributed by atoms with Gasteiger partial charge in [-0.25, -0.2) is 0 Å². The Hall–Kier alpha value is -3.08. The van der Waals surface area contributed by atoms with Crippen LogP contribution in [0.3, 0.4) is 0 Å². The second kappa shape index (κ2) is 5.96. The Morgan fingerprint density at radius 2 is 1.91 bits per heavy atom. The summed E-state index contributed by atoms with van der Waals surface area (Å²) in [7, 11) is 0. The SMILES string of the molecule is Cc1cc(O)cc(O)c1/C(Cc1ccc2ccccc2n1)=N\N. The van der Waals surface area contributed by atoms with Gasteiger partial charge in [-0.1, -0.05) is 24.3 Å². The topological polar surface area (TPSA) is 91.7 Å². The van der Waals surface area contributed by atoms with E-state index >= 15 is 0 Å². The van der Waals surface area contributed by atoms with Gasteiger partial charge in [0, 0.05) is 29.1 Å². The molecule has 0 spiro atoms. The van der Waals surface area contributed by atoms with Crippen molar-refractivity contribution in [1.82, 2.24) is 4.98 Å². The Kier molecular flexibility index (Phi) is 3.85. The number of aromatic hydroxyl groups is 2. The van der Waals surface area contributed by atoms with Crippen molar-refractivity contribution in [1.29, 1.82) is 0 Å². The number of phenols is 2. The molecule has 3 aromatic rings. The Morgan fingerprint density at radius 1 is 1.13 bits per heavy atom. The average molecular weight is 307 g/mol. The minimum Gasteiger partial charge on any atom is -0.508 e. The van der Waals surface area contributed by atoms with E-state index in [1.807, 2.05) is 36.4 Å². The monoisotopic (exact) mass is 307 g/mol. The molecule has 23 heavy (non-hydrogen) atoms. The van der Waals surface area contributed by atoms with Crippen LogP contribution in [-0.2, 0) is 6.42 Å². The minimum absolute atomic E-state index is 0.00366. The van der Waals surface area contributed by atoms with Gasteiger partial charge >= 0.3 is 0 Å². The van der Waals surface area contributed by atoms with Gasteiger partial charge in [-0.15, -0.1) is 0 Å². The summed E-state index contributed by atoms with van der Waals surface area (Å²) in [5.74, 6) is 5.48. The lowest BCUT2D eigenvalue weighted by Crippen LogP contribution is -2.11. The number of aromatic nitrogens is 1. The van der Waals surface area contributed by atoms with Gasteiger partial charge in [0.2, 0.25) is 0 Å². The van der Waals surface area contributed by atoms with Gasteiger partial charge in [-0.05, 0) is 30.7 Å². The predicted molar refractivity (Wildman–Crippen MR) is 90.7 cm³/mol. The first-order chi connectivity index (χ1) is 11.1. The average Bonchev–Trinajstić information content (AvgIpc) is 2.52. The van der Waals surface area contributed by atoms with Gasteiger partial charge in [-0.3, -0.25) is 4.98 Å².